The summed E-state index contributed by atoms with van der Waals surface area (Å²) in [5.74, 6) is -0.278. The van der Waals surface area contributed by atoms with Crippen molar-refractivity contribution in [3.8, 4) is 5.75 Å². The van der Waals surface area contributed by atoms with Crippen LogP contribution in [0.4, 0.5) is 22.7 Å². The molecule has 5 N–H and O–H groups in total. The molecular weight excluding hydrogens is 530 g/mol. The van der Waals surface area contributed by atoms with Crippen LogP contribution in [0.5, 0.6) is 5.75 Å². The molecular formula is C30H30ClN5O4. The van der Waals surface area contributed by atoms with E-state index in [0.29, 0.717) is 47.3 Å². The van der Waals surface area contributed by atoms with Crippen molar-refractivity contribution in [3.05, 3.63) is 78.1 Å². The van der Waals surface area contributed by atoms with Crippen molar-refractivity contribution >= 4 is 62.8 Å². The molecule has 0 aliphatic carbocycles. The van der Waals surface area contributed by atoms with Crippen molar-refractivity contribution in [3.63, 3.8) is 0 Å². The molecule has 1 aliphatic rings. The Morgan fingerprint density at radius 3 is 2.45 bits per heavy atom. The first kappa shape index (κ1) is 27.1. The number of benzene rings is 3. The minimum absolute atomic E-state index is 0.0427. The number of aromatic nitrogens is 1. The minimum Gasteiger partial charge on any atom is -0.507 e. The van der Waals surface area contributed by atoms with Crippen LogP contribution in [0, 0.1) is 0 Å². The Hall–Kier alpha value is -4.50. The molecule has 1 aromatic heterocycles. The molecule has 0 fully saturated rings. The molecule has 1 atom stereocenters. The maximum absolute atomic E-state index is 13.2. The van der Waals surface area contributed by atoms with Crippen molar-refractivity contribution in [2.45, 2.75) is 25.2 Å². The Morgan fingerprint density at radius 1 is 1.00 bits per heavy atom. The third kappa shape index (κ3) is 5.46. The summed E-state index contributed by atoms with van der Waals surface area (Å²) in [4.78, 5) is 40.1. The number of nitrogens with zero attached hydrogens (tertiary/aromatic N) is 2. The summed E-state index contributed by atoms with van der Waals surface area (Å²) in [5, 5.41) is 17.8. The smallest absolute Gasteiger partial charge is 0.272 e. The van der Waals surface area contributed by atoms with Gasteiger partial charge in [-0.3, -0.25) is 14.4 Å². The van der Waals surface area contributed by atoms with Gasteiger partial charge in [-0.15, -0.1) is 11.6 Å². The van der Waals surface area contributed by atoms with E-state index in [-0.39, 0.29) is 42.2 Å². The molecule has 0 radical (unpaired) electrons. The lowest BCUT2D eigenvalue weighted by Gasteiger charge is -2.18. The van der Waals surface area contributed by atoms with Crippen LogP contribution in [0.3, 0.4) is 0 Å². The maximum Gasteiger partial charge on any atom is 0.272 e. The number of nitrogens with one attached hydrogen (secondary N) is 2. The molecule has 10 heteroatoms. The molecule has 0 spiro atoms. The number of phenols is 1. The van der Waals surface area contributed by atoms with Crippen LogP contribution in [-0.2, 0) is 16.6 Å². The fraction of sp³-hybridized carbons (Fsp3) is 0.233. The average molecular weight is 560 g/mol. The molecule has 1 aliphatic heterocycles. The van der Waals surface area contributed by atoms with Gasteiger partial charge in [0.05, 0.1) is 11.4 Å². The second-order valence-corrected chi connectivity index (χ2v) is 10.2. The predicted octanol–water partition coefficient (Wildman–Crippen LogP) is 5.20. The van der Waals surface area contributed by atoms with Gasteiger partial charge in [0.2, 0.25) is 11.8 Å². The lowest BCUT2D eigenvalue weighted by atomic mass is 9.95. The van der Waals surface area contributed by atoms with Crippen molar-refractivity contribution in [2.24, 2.45) is 7.05 Å². The van der Waals surface area contributed by atoms with Gasteiger partial charge >= 0.3 is 0 Å². The monoisotopic (exact) mass is 559 g/mol. The fourth-order valence-corrected chi connectivity index (χ4v) is 5.42. The first-order valence-electron chi connectivity index (χ1n) is 13.0. The van der Waals surface area contributed by atoms with E-state index in [1.807, 2.05) is 24.3 Å². The highest BCUT2D eigenvalue weighted by molar-refractivity contribution is 6.19. The molecule has 40 heavy (non-hydrogen) atoms. The molecule has 0 saturated heterocycles. The van der Waals surface area contributed by atoms with Gasteiger partial charge in [-0.25, -0.2) is 0 Å². The number of aryl methyl sites for hydroxylation is 1. The van der Waals surface area contributed by atoms with Gasteiger partial charge in [0.15, 0.2) is 0 Å². The topological polar surface area (TPSA) is 130 Å². The highest BCUT2D eigenvalue weighted by Crippen LogP contribution is 2.45. The zero-order chi connectivity index (χ0) is 28.4. The number of fused-ring (bicyclic) bond motifs is 3. The van der Waals surface area contributed by atoms with E-state index in [0.717, 1.165) is 16.3 Å². The van der Waals surface area contributed by atoms with E-state index < -0.39 is 0 Å². The third-order valence-electron chi connectivity index (χ3n) is 7.12. The van der Waals surface area contributed by atoms with Crippen LogP contribution in [-0.4, -0.2) is 39.8 Å². The third-order valence-corrected chi connectivity index (χ3v) is 7.49. The minimum atomic E-state index is -0.321. The van der Waals surface area contributed by atoms with Gasteiger partial charge in [-0.2, -0.15) is 0 Å². The Balaban J connectivity index is 1.18. The molecule has 4 aromatic rings. The summed E-state index contributed by atoms with van der Waals surface area (Å²) in [5.41, 5.74) is 9.40. The van der Waals surface area contributed by atoms with Crippen LogP contribution >= 0.6 is 11.6 Å². The molecule has 9 nitrogen and oxygen atoms in total. The molecule has 2 heterocycles. The second-order valence-electron chi connectivity index (χ2n) is 9.93. The molecule has 0 bridgehead atoms. The van der Waals surface area contributed by atoms with Crippen LogP contribution in [0.25, 0.3) is 10.8 Å². The normalized spacial score (nSPS) is 14.2. The number of nitrogen functional groups attached to an aromatic ring is 1. The van der Waals surface area contributed by atoms with Gasteiger partial charge in [0.25, 0.3) is 5.91 Å². The highest BCUT2D eigenvalue weighted by atomic mass is 35.5. The number of carbonyl (C=O) groups is 3. The van der Waals surface area contributed by atoms with Crippen molar-refractivity contribution in [2.75, 3.05) is 33.7 Å². The van der Waals surface area contributed by atoms with Crippen LogP contribution in [0.1, 0.15) is 41.2 Å². The maximum atomic E-state index is 13.2. The van der Waals surface area contributed by atoms with Crippen LogP contribution in [0.15, 0.2) is 66.9 Å². The van der Waals surface area contributed by atoms with E-state index in [1.54, 1.807) is 59.1 Å². The number of alkyl halides is 1. The SMILES string of the molecule is Cn1cc(NC(=O)CCCC(=O)N2C[C@@H](CCl)c3c2cc(O)c2ccccc32)cc1C(=O)Nc1ccc(N)cc1. The fourth-order valence-electron chi connectivity index (χ4n) is 5.17. The first-order valence-corrected chi connectivity index (χ1v) is 13.5. The first-order chi connectivity index (χ1) is 19.2. The van der Waals surface area contributed by atoms with E-state index >= 15 is 0 Å². The van der Waals surface area contributed by atoms with E-state index in [2.05, 4.69) is 10.6 Å². The van der Waals surface area contributed by atoms with Crippen molar-refractivity contribution in [1.29, 1.82) is 0 Å². The van der Waals surface area contributed by atoms with Gasteiger partial charge in [0, 0.05) is 67.3 Å². The summed E-state index contributed by atoms with van der Waals surface area (Å²) in [6.45, 7) is 0.433. The molecule has 3 amide bonds. The summed E-state index contributed by atoms with van der Waals surface area (Å²) < 4.78 is 1.63. The lowest BCUT2D eigenvalue weighted by molar-refractivity contribution is -0.119. The zero-order valence-corrected chi connectivity index (χ0v) is 22.7. The quantitative estimate of drug-likeness (QED) is 0.174. The van der Waals surface area contributed by atoms with Crippen LogP contribution in [0.2, 0.25) is 0 Å². The number of anilines is 4. The summed E-state index contributed by atoms with van der Waals surface area (Å²) >= 11 is 6.26. The molecule has 0 unspecified atom stereocenters. The number of carbonyl (C=O) groups excluding carboxylic acids is 3. The number of amides is 3. The van der Waals surface area contributed by atoms with Gasteiger partial charge in [-0.05, 0) is 47.7 Å². The van der Waals surface area contributed by atoms with Crippen LogP contribution < -0.4 is 21.3 Å². The Bertz CT molecular complexity index is 1600. The second kappa shape index (κ2) is 11.3. The molecule has 206 valence electrons. The number of halogens is 1. The highest BCUT2D eigenvalue weighted by Gasteiger charge is 2.34. The standard InChI is InChI=1S/C30H30ClN5O4/c1-35-17-21(13-25(35)30(40)34-20-11-9-19(32)10-12-20)33-27(38)7-4-8-28(39)36-16-18(15-31)29-23-6-3-2-5-22(23)26(37)14-24(29)36/h2-3,5-6,9-14,17-18,37H,4,7-8,15-16,32H2,1H3,(H,33,38)(H,34,40)/t18-/m1/s1. The number of aromatic hydroxyl groups is 1. The van der Waals surface area contributed by atoms with Crippen molar-refractivity contribution < 1.29 is 19.5 Å². The summed E-state index contributed by atoms with van der Waals surface area (Å²) in [7, 11) is 1.72. The predicted molar refractivity (Wildman–Crippen MR) is 158 cm³/mol. The lowest BCUT2D eigenvalue weighted by Crippen LogP contribution is -2.30. The number of phenolic OH excluding ortho intramolecular Hbond substituents is 1. The average Bonchev–Trinajstić information content (AvgIpc) is 3.50. The Morgan fingerprint density at radius 2 is 1.73 bits per heavy atom. The van der Waals surface area contributed by atoms with Gasteiger partial charge < -0.3 is 30.9 Å². The Labute approximate surface area is 236 Å². The zero-order valence-electron chi connectivity index (χ0n) is 22.0. The Kier molecular flexibility index (Phi) is 7.66. The van der Waals surface area contributed by atoms with E-state index in [1.165, 1.54) is 0 Å². The van der Waals surface area contributed by atoms with E-state index in [9.17, 15) is 19.5 Å². The number of rotatable bonds is 8. The van der Waals surface area contributed by atoms with Gasteiger partial charge in [-0.1, -0.05) is 24.3 Å². The summed E-state index contributed by atoms with van der Waals surface area (Å²) in [6.07, 6.45) is 2.31. The molecule has 3 aromatic carbocycles. The number of hydrogen-bond acceptors (Lipinski definition) is 5. The van der Waals surface area contributed by atoms with Crippen molar-refractivity contribution in [1.82, 2.24) is 4.57 Å². The largest absolute Gasteiger partial charge is 0.507 e. The van der Waals surface area contributed by atoms with Gasteiger partial charge in [0.1, 0.15) is 11.4 Å². The number of hydrogen-bond donors (Lipinski definition) is 4. The number of nitrogens with two attached hydrogens (primary N) is 1. The molecule has 5 rings (SSSR count). The molecule has 0 saturated carbocycles. The summed E-state index contributed by atoms with van der Waals surface area (Å²) in [6, 6.07) is 17.6. The van der Waals surface area contributed by atoms with E-state index in [4.69, 9.17) is 17.3 Å².